The van der Waals surface area contributed by atoms with E-state index in [9.17, 15) is 34.8 Å². The van der Waals surface area contributed by atoms with Gasteiger partial charge in [0, 0.05) is 36.1 Å². The van der Waals surface area contributed by atoms with Gasteiger partial charge in [-0.3, -0.25) is 0 Å². The van der Waals surface area contributed by atoms with E-state index in [1.807, 2.05) is 94.9 Å². The van der Waals surface area contributed by atoms with Crippen molar-refractivity contribution in [2.24, 2.45) is 14.1 Å². The zero-order valence-corrected chi connectivity index (χ0v) is 25.5. The first-order chi connectivity index (χ1) is 20.5. The van der Waals surface area contributed by atoms with Crippen molar-refractivity contribution in [2.75, 3.05) is 19.0 Å². The third-order valence-corrected chi connectivity index (χ3v) is 9.64. The molecule has 0 aliphatic carbocycles. The van der Waals surface area contributed by atoms with Crippen molar-refractivity contribution in [3.05, 3.63) is 99.5 Å². The molecule has 0 radical (unpaired) electrons. The zero-order valence-electron chi connectivity index (χ0n) is 23.9. The van der Waals surface area contributed by atoms with E-state index in [1.165, 1.54) is 18.2 Å². The molecule has 0 N–H and O–H groups in total. The van der Waals surface area contributed by atoms with E-state index in [0.29, 0.717) is 16.7 Å². The fourth-order valence-corrected chi connectivity index (χ4v) is 6.57. The van der Waals surface area contributed by atoms with E-state index >= 15 is 0 Å². The predicted octanol–water partition coefficient (Wildman–Crippen LogP) is 5.08. The Morgan fingerprint density at radius 2 is 1.61 bits per heavy atom. The molecule has 0 spiro atoms. The average Bonchev–Trinajstić information content (AvgIpc) is 3.21. The highest BCUT2D eigenvalue weighted by Gasteiger charge is 2.40. The lowest BCUT2D eigenvalue weighted by atomic mass is 10.1. The second-order valence-electron chi connectivity index (χ2n) is 9.74. The van der Waals surface area contributed by atoms with Crippen LogP contribution in [0.25, 0.3) is 43.6 Å². The first-order valence-corrected chi connectivity index (χ1v) is 15.6. The van der Waals surface area contributed by atoms with Crippen LogP contribution in [0, 0.1) is 0 Å². The maximum absolute atomic E-state index is 12.7. The van der Waals surface area contributed by atoms with Gasteiger partial charge in [0.1, 0.15) is 15.6 Å². The topological polar surface area (TPSA) is 125 Å². The van der Waals surface area contributed by atoms with Gasteiger partial charge in [-0.1, -0.05) is 36.9 Å². The monoisotopic (exact) mass is 648 g/mol. The van der Waals surface area contributed by atoms with Crippen molar-refractivity contribution in [3.63, 3.8) is 0 Å². The minimum atomic E-state index is -6.10. The smallest absolute Gasteiger partial charge is 0.424 e. The first kappa shape index (κ1) is 32.4. The maximum Gasteiger partial charge on any atom is 0.480 e. The molecule has 15 heteroatoms. The van der Waals surface area contributed by atoms with Gasteiger partial charge < -0.3 is 13.4 Å². The summed E-state index contributed by atoms with van der Waals surface area (Å²) in [7, 11) is -3.19. The summed E-state index contributed by atoms with van der Waals surface area (Å²) in [6.45, 7) is 3.40. The van der Waals surface area contributed by atoms with Crippen LogP contribution in [0.3, 0.4) is 0 Å². The van der Waals surface area contributed by atoms with Gasteiger partial charge in [-0.25, -0.2) is 30.8 Å². The Balaban J connectivity index is 0.000000210. The highest BCUT2D eigenvalue weighted by molar-refractivity contribution is 8.12. The largest absolute Gasteiger partial charge is 0.480 e. The number of alkyl halides is 3. The molecule has 0 amide bonds. The number of benzene rings is 3. The quantitative estimate of drug-likeness (QED) is 0.186. The molecule has 0 atom stereocenters. The molecule has 0 saturated carbocycles. The molecule has 10 nitrogen and oxygen atoms in total. The molecule has 2 heterocycles. The molecule has 2 aromatic heterocycles. The summed E-state index contributed by atoms with van der Waals surface area (Å²) in [4.78, 5) is 14.0. The molecular weight excluding hydrogens is 621 g/mol. The van der Waals surface area contributed by atoms with Crippen LogP contribution in [0.4, 0.5) is 18.9 Å². The number of halogens is 3. The van der Waals surface area contributed by atoms with Gasteiger partial charge in [0.05, 0.1) is 14.1 Å². The number of nitrogens with zero attached hydrogens (tertiary/aromatic N) is 4. The molecule has 0 unspecified atom stereocenters. The van der Waals surface area contributed by atoms with E-state index in [4.69, 9.17) is 4.42 Å². The van der Waals surface area contributed by atoms with Crippen molar-refractivity contribution in [2.45, 2.75) is 10.4 Å². The van der Waals surface area contributed by atoms with Crippen molar-refractivity contribution in [1.82, 2.24) is 4.57 Å². The van der Waals surface area contributed by atoms with Gasteiger partial charge in [-0.15, -0.1) is 0 Å². The van der Waals surface area contributed by atoms with Gasteiger partial charge >= 0.3 is 11.1 Å². The number of fused-ring (bicyclic) bond motifs is 2. The van der Waals surface area contributed by atoms with E-state index in [1.54, 1.807) is 0 Å². The van der Waals surface area contributed by atoms with Crippen molar-refractivity contribution >= 4 is 53.8 Å². The minimum Gasteiger partial charge on any atom is -0.424 e. The Morgan fingerprint density at radius 1 is 0.977 bits per heavy atom. The number of hydrogen-bond donors (Lipinski definition) is 0. The molecule has 5 rings (SSSR count). The lowest BCUT2D eigenvalue weighted by Gasteiger charge is -2.22. The number of sulfonamides is 2. The third-order valence-electron chi connectivity index (χ3n) is 6.62. The number of rotatable bonds is 6. The van der Waals surface area contributed by atoms with Gasteiger partial charge in [-0.2, -0.15) is 13.2 Å². The Kier molecular flexibility index (Phi) is 8.77. The Bertz CT molecular complexity index is 2120. The van der Waals surface area contributed by atoms with Crippen LogP contribution in [0.5, 0.6) is 0 Å². The fraction of sp³-hybridized carbons (Fsp3) is 0.172. The molecular formula is C29H27F3N4O6S2. The number of aryl methyl sites for hydroxylation is 2. The number of imidazole rings is 1. The van der Waals surface area contributed by atoms with Gasteiger partial charge in [0.2, 0.25) is 0 Å². The summed E-state index contributed by atoms with van der Waals surface area (Å²) in [5, 5.41) is 0.908. The molecule has 44 heavy (non-hydrogen) atoms. The van der Waals surface area contributed by atoms with Crippen LogP contribution in [0.1, 0.15) is 5.56 Å². The molecule has 0 fully saturated rings. The summed E-state index contributed by atoms with van der Waals surface area (Å²) in [5.41, 5.74) is -1.28. The van der Waals surface area contributed by atoms with Crippen LogP contribution in [0.2, 0.25) is 0 Å². The Labute approximate surface area is 251 Å². The van der Waals surface area contributed by atoms with Crippen LogP contribution < -0.4 is 15.1 Å². The molecule has 0 saturated heterocycles. The average molecular weight is 649 g/mol. The summed E-state index contributed by atoms with van der Waals surface area (Å²) >= 11 is 0. The Hall–Kier alpha value is -4.47. The van der Waals surface area contributed by atoms with Crippen molar-refractivity contribution in [1.29, 1.82) is 0 Å². The van der Waals surface area contributed by atoms with Gasteiger partial charge in [0.15, 0.2) is 26.6 Å². The third kappa shape index (κ3) is 6.39. The summed E-state index contributed by atoms with van der Waals surface area (Å²) < 4.78 is 91.9. The highest BCUT2D eigenvalue weighted by Crippen LogP contribution is 2.32. The normalized spacial score (nSPS) is 12.2. The molecule has 0 aliphatic rings. The lowest BCUT2D eigenvalue weighted by molar-refractivity contribution is -0.634. The second-order valence-corrected chi connectivity index (χ2v) is 13.2. The standard InChI is InChI=1S/C20H20N3O2.C9H7F3NO4S2/c1-21(2)14-10-9-13-11-15(20(24)25-18(13)12-14)19-22(3)16-7-5-6-8-17(16)23(19)4;1-2-7-3-5-8(6-4-7)18(14,15)13-19(16,17)9(10,11)12/h5-12H,1-4H3;2-6H,1H2/q+1;-1. The van der Waals surface area contributed by atoms with Crippen LogP contribution >= 0.6 is 0 Å². The zero-order chi connectivity index (χ0) is 32.6. The SMILES string of the molecule is C=Cc1ccc(S(=O)(=O)[N-]S(=O)(=O)C(F)(F)F)cc1.CN(C)c1ccc2cc(-c3n(C)c4ccccc4[n+]3C)c(=O)oc2c1. The van der Waals surface area contributed by atoms with E-state index in [-0.39, 0.29) is 5.63 Å². The van der Waals surface area contributed by atoms with Crippen LogP contribution in [0.15, 0.2) is 93.5 Å². The van der Waals surface area contributed by atoms with Crippen LogP contribution in [-0.2, 0) is 34.1 Å². The number of aromatic nitrogens is 2. The summed E-state index contributed by atoms with van der Waals surface area (Å²) in [6, 6.07) is 20.3. The van der Waals surface area contributed by atoms with Crippen LogP contribution in [-0.4, -0.2) is 41.0 Å². The minimum absolute atomic E-state index is 0.329. The summed E-state index contributed by atoms with van der Waals surface area (Å²) in [6.07, 6.45) is 1.37. The predicted molar refractivity (Wildman–Crippen MR) is 162 cm³/mol. The lowest BCUT2D eigenvalue weighted by Crippen LogP contribution is -2.31. The van der Waals surface area contributed by atoms with Crippen molar-refractivity contribution in [3.8, 4) is 11.4 Å². The molecule has 0 aliphatic heterocycles. The molecule has 232 valence electrons. The van der Waals surface area contributed by atoms with E-state index in [2.05, 4.69) is 6.58 Å². The summed E-state index contributed by atoms with van der Waals surface area (Å²) in [5.74, 6) is 0.827. The fourth-order valence-electron chi connectivity index (χ4n) is 4.37. The highest BCUT2D eigenvalue weighted by atomic mass is 32.3. The van der Waals surface area contributed by atoms with E-state index < -0.39 is 30.5 Å². The van der Waals surface area contributed by atoms with Gasteiger partial charge in [0.25, 0.3) is 5.82 Å². The second kappa shape index (κ2) is 11.9. The van der Waals surface area contributed by atoms with E-state index in [0.717, 1.165) is 40.1 Å². The first-order valence-electron chi connectivity index (χ1n) is 12.7. The maximum atomic E-state index is 12.7. The molecule has 0 bridgehead atoms. The van der Waals surface area contributed by atoms with Gasteiger partial charge in [-0.05, 0) is 48.0 Å². The molecule has 5 aromatic rings. The number of para-hydroxylation sites is 2. The number of hydrogen-bond acceptors (Lipinski definition) is 7. The number of anilines is 1. The molecule has 3 aromatic carbocycles. The Morgan fingerprint density at radius 3 is 2.18 bits per heavy atom. The van der Waals surface area contributed by atoms with Crippen molar-refractivity contribution < 1.29 is 39.0 Å².